The molecule has 2 aromatic rings. The molecular formula is C14H15N3OS. The molecule has 0 aliphatic rings. The zero-order valence-corrected chi connectivity index (χ0v) is 11.3. The fourth-order valence-electron chi connectivity index (χ4n) is 1.69. The third kappa shape index (κ3) is 3.20. The van der Waals surface area contributed by atoms with E-state index < -0.39 is 5.91 Å². The van der Waals surface area contributed by atoms with E-state index in [2.05, 4.69) is 5.32 Å². The number of hydrogen-bond acceptors (Lipinski definition) is 4. The lowest BCUT2D eigenvalue weighted by Crippen LogP contribution is -2.11. The van der Waals surface area contributed by atoms with Gasteiger partial charge in [-0.2, -0.15) is 0 Å². The Balaban J connectivity index is 2.25. The van der Waals surface area contributed by atoms with Crippen LogP contribution in [-0.4, -0.2) is 12.2 Å². The maximum absolute atomic E-state index is 11.0. The van der Waals surface area contributed by atoms with Gasteiger partial charge in [0.25, 0.3) is 0 Å². The molecule has 0 fully saturated rings. The van der Waals surface area contributed by atoms with Crippen molar-refractivity contribution >= 4 is 34.7 Å². The Hall–Kier alpha value is -2.14. The molecule has 19 heavy (non-hydrogen) atoms. The van der Waals surface area contributed by atoms with E-state index in [0.29, 0.717) is 11.3 Å². The number of carbonyl (C=O) groups is 1. The summed E-state index contributed by atoms with van der Waals surface area (Å²) < 4.78 is 0. The summed E-state index contributed by atoms with van der Waals surface area (Å²) in [5, 5.41) is 3.22. The number of thioether (sulfide) groups is 1. The van der Waals surface area contributed by atoms with Crippen molar-refractivity contribution in [3.05, 3.63) is 48.0 Å². The average Bonchev–Trinajstić information content (AvgIpc) is 2.41. The zero-order chi connectivity index (χ0) is 13.8. The van der Waals surface area contributed by atoms with Crippen molar-refractivity contribution in [2.75, 3.05) is 17.3 Å². The number of carbonyl (C=O) groups excluding carboxylic acids is 1. The molecule has 0 aromatic heterocycles. The maximum atomic E-state index is 11.0. The van der Waals surface area contributed by atoms with Gasteiger partial charge in [-0.1, -0.05) is 6.07 Å². The van der Waals surface area contributed by atoms with Crippen LogP contribution in [0.3, 0.4) is 0 Å². The molecule has 0 bridgehead atoms. The SMILES string of the molecule is CSc1cccc(Nc2ccc(C(N)=O)cc2N)c1. The molecule has 2 rings (SSSR count). The van der Waals surface area contributed by atoms with Gasteiger partial charge in [-0.05, 0) is 42.7 Å². The lowest BCUT2D eigenvalue weighted by molar-refractivity contribution is 0.100. The second-order valence-electron chi connectivity index (χ2n) is 4.02. The summed E-state index contributed by atoms with van der Waals surface area (Å²) in [6.07, 6.45) is 2.02. The molecule has 98 valence electrons. The van der Waals surface area contributed by atoms with E-state index in [1.54, 1.807) is 30.0 Å². The zero-order valence-electron chi connectivity index (χ0n) is 10.5. The van der Waals surface area contributed by atoms with Crippen LogP contribution in [0.5, 0.6) is 0 Å². The molecule has 0 radical (unpaired) electrons. The Kier molecular flexibility index (Phi) is 3.97. The second-order valence-corrected chi connectivity index (χ2v) is 4.90. The number of amides is 1. The van der Waals surface area contributed by atoms with Crippen LogP contribution in [0.2, 0.25) is 0 Å². The smallest absolute Gasteiger partial charge is 0.248 e. The van der Waals surface area contributed by atoms with E-state index in [-0.39, 0.29) is 0 Å². The van der Waals surface area contributed by atoms with Gasteiger partial charge in [-0.3, -0.25) is 4.79 Å². The first-order valence-electron chi connectivity index (χ1n) is 5.70. The fraction of sp³-hybridized carbons (Fsp3) is 0.0714. The van der Waals surface area contributed by atoms with Crippen LogP contribution >= 0.6 is 11.8 Å². The molecule has 0 spiro atoms. The Morgan fingerprint density at radius 1 is 1.21 bits per heavy atom. The molecule has 0 atom stereocenters. The molecule has 5 heteroatoms. The number of anilines is 3. The summed E-state index contributed by atoms with van der Waals surface area (Å²) in [7, 11) is 0. The molecule has 0 saturated heterocycles. The number of nitrogen functional groups attached to an aromatic ring is 1. The molecule has 5 N–H and O–H groups in total. The minimum absolute atomic E-state index is 0.404. The Morgan fingerprint density at radius 3 is 2.63 bits per heavy atom. The fourth-order valence-corrected chi connectivity index (χ4v) is 2.15. The molecule has 0 heterocycles. The Morgan fingerprint density at radius 2 is 2.00 bits per heavy atom. The Labute approximate surface area is 116 Å². The minimum Gasteiger partial charge on any atom is -0.397 e. The summed E-state index contributed by atoms with van der Waals surface area (Å²) >= 11 is 1.67. The van der Waals surface area contributed by atoms with Gasteiger partial charge < -0.3 is 16.8 Å². The van der Waals surface area contributed by atoms with Gasteiger partial charge in [0.15, 0.2) is 0 Å². The van der Waals surface area contributed by atoms with Crippen molar-refractivity contribution in [2.45, 2.75) is 4.90 Å². The molecule has 1 amide bonds. The van der Waals surface area contributed by atoms with E-state index in [4.69, 9.17) is 11.5 Å². The molecule has 0 saturated carbocycles. The highest BCUT2D eigenvalue weighted by Crippen LogP contribution is 2.26. The van der Waals surface area contributed by atoms with E-state index >= 15 is 0 Å². The lowest BCUT2D eigenvalue weighted by atomic mass is 10.1. The van der Waals surface area contributed by atoms with Crippen LogP contribution in [0.15, 0.2) is 47.4 Å². The van der Waals surface area contributed by atoms with Gasteiger partial charge in [0, 0.05) is 16.1 Å². The van der Waals surface area contributed by atoms with E-state index in [1.807, 2.05) is 30.5 Å². The van der Waals surface area contributed by atoms with Crippen LogP contribution in [0.4, 0.5) is 17.1 Å². The van der Waals surface area contributed by atoms with Gasteiger partial charge in [-0.15, -0.1) is 11.8 Å². The monoisotopic (exact) mass is 273 g/mol. The number of hydrogen-bond donors (Lipinski definition) is 3. The van der Waals surface area contributed by atoms with Crippen molar-refractivity contribution in [1.82, 2.24) is 0 Å². The predicted molar refractivity (Wildman–Crippen MR) is 80.9 cm³/mol. The average molecular weight is 273 g/mol. The van der Waals surface area contributed by atoms with Crippen molar-refractivity contribution in [3.8, 4) is 0 Å². The molecule has 0 unspecified atom stereocenters. The van der Waals surface area contributed by atoms with Gasteiger partial charge in [0.2, 0.25) is 5.91 Å². The molecule has 0 aliphatic carbocycles. The van der Waals surface area contributed by atoms with Gasteiger partial charge in [0.1, 0.15) is 0 Å². The number of nitrogens with two attached hydrogens (primary N) is 2. The van der Waals surface area contributed by atoms with Crippen LogP contribution in [0.25, 0.3) is 0 Å². The normalized spacial score (nSPS) is 10.2. The van der Waals surface area contributed by atoms with Crippen molar-refractivity contribution < 1.29 is 4.79 Å². The van der Waals surface area contributed by atoms with E-state index in [0.717, 1.165) is 16.3 Å². The summed E-state index contributed by atoms with van der Waals surface area (Å²) in [5.74, 6) is -0.484. The highest BCUT2D eigenvalue weighted by Gasteiger charge is 2.05. The van der Waals surface area contributed by atoms with Gasteiger partial charge in [-0.25, -0.2) is 0 Å². The number of nitrogens with one attached hydrogen (secondary N) is 1. The summed E-state index contributed by atoms with van der Waals surface area (Å²) in [6.45, 7) is 0. The van der Waals surface area contributed by atoms with Crippen molar-refractivity contribution in [3.63, 3.8) is 0 Å². The largest absolute Gasteiger partial charge is 0.397 e. The van der Waals surface area contributed by atoms with Crippen LogP contribution < -0.4 is 16.8 Å². The first-order chi connectivity index (χ1) is 9.10. The summed E-state index contributed by atoms with van der Waals surface area (Å²) in [5.41, 5.74) is 13.7. The summed E-state index contributed by atoms with van der Waals surface area (Å²) in [4.78, 5) is 12.2. The van der Waals surface area contributed by atoms with Crippen LogP contribution in [-0.2, 0) is 0 Å². The van der Waals surface area contributed by atoms with Gasteiger partial charge in [0.05, 0.1) is 11.4 Å². The standard InChI is InChI=1S/C14H15N3OS/c1-19-11-4-2-3-10(8-11)17-13-6-5-9(14(16)18)7-12(13)15/h2-8,17H,15H2,1H3,(H2,16,18). The minimum atomic E-state index is -0.484. The van der Waals surface area contributed by atoms with Crippen molar-refractivity contribution in [2.24, 2.45) is 5.73 Å². The predicted octanol–water partition coefficient (Wildman–Crippen LogP) is 2.83. The third-order valence-corrected chi connectivity index (χ3v) is 3.41. The topological polar surface area (TPSA) is 81.1 Å². The van der Waals surface area contributed by atoms with E-state index in [9.17, 15) is 4.79 Å². The number of primary amides is 1. The maximum Gasteiger partial charge on any atom is 0.248 e. The molecule has 2 aromatic carbocycles. The van der Waals surface area contributed by atoms with Gasteiger partial charge >= 0.3 is 0 Å². The number of rotatable bonds is 4. The lowest BCUT2D eigenvalue weighted by Gasteiger charge is -2.11. The summed E-state index contributed by atoms with van der Waals surface area (Å²) in [6, 6.07) is 13.0. The highest BCUT2D eigenvalue weighted by molar-refractivity contribution is 7.98. The van der Waals surface area contributed by atoms with Crippen molar-refractivity contribution in [1.29, 1.82) is 0 Å². The first-order valence-corrected chi connectivity index (χ1v) is 6.93. The second kappa shape index (κ2) is 5.67. The van der Waals surface area contributed by atoms with Crippen LogP contribution in [0, 0.1) is 0 Å². The third-order valence-electron chi connectivity index (χ3n) is 2.68. The molecule has 4 nitrogen and oxygen atoms in total. The quantitative estimate of drug-likeness (QED) is 0.591. The number of benzene rings is 2. The Bertz CT molecular complexity index is 613. The molecule has 0 aliphatic heterocycles. The first kappa shape index (κ1) is 13.3. The molecular weight excluding hydrogens is 258 g/mol. The van der Waals surface area contributed by atoms with E-state index in [1.165, 1.54) is 0 Å². The van der Waals surface area contributed by atoms with Crippen LogP contribution in [0.1, 0.15) is 10.4 Å². The highest BCUT2D eigenvalue weighted by atomic mass is 32.2.